The monoisotopic (exact) mass is 406 g/mol. The lowest BCUT2D eigenvalue weighted by molar-refractivity contribution is 0.146. The van der Waals surface area contributed by atoms with Crippen LogP contribution in [0.5, 0.6) is 0 Å². The molecule has 1 saturated heterocycles. The Bertz CT molecular complexity index is 852. The van der Waals surface area contributed by atoms with E-state index >= 15 is 0 Å². The van der Waals surface area contributed by atoms with Crippen LogP contribution in [0.25, 0.3) is 0 Å². The normalized spacial score (nSPS) is 24.5. The van der Waals surface area contributed by atoms with Crippen LogP contribution in [0.15, 0.2) is 24.3 Å². The second-order valence-electron chi connectivity index (χ2n) is 10.2. The van der Waals surface area contributed by atoms with E-state index in [0.717, 1.165) is 31.0 Å². The fourth-order valence-corrected chi connectivity index (χ4v) is 5.61. The van der Waals surface area contributed by atoms with Crippen LogP contribution in [0.4, 0.5) is 0 Å². The summed E-state index contributed by atoms with van der Waals surface area (Å²) in [7, 11) is 2.07. The largest absolute Gasteiger partial charge is 0.299 e. The Morgan fingerprint density at radius 3 is 2.33 bits per heavy atom. The minimum absolute atomic E-state index is 0.777. The zero-order chi connectivity index (χ0) is 20.7. The fourth-order valence-electron chi connectivity index (χ4n) is 5.61. The van der Waals surface area contributed by atoms with Gasteiger partial charge in [-0.25, -0.2) is 0 Å². The van der Waals surface area contributed by atoms with E-state index in [9.17, 15) is 0 Å². The summed E-state index contributed by atoms with van der Waals surface area (Å²) in [5, 5.41) is 4.63. The van der Waals surface area contributed by atoms with Gasteiger partial charge in [0.2, 0.25) is 0 Å². The highest BCUT2D eigenvalue weighted by Gasteiger charge is 2.36. The Balaban J connectivity index is 1.14. The fraction of sp³-hybridized carbons (Fsp3) is 0.654. The Labute approximate surface area is 182 Å². The van der Waals surface area contributed by atoms with Gasteiger partial charge in [0.1, 0.15) is 0 Å². The molecule has 30 heavy (non-hydrogen) atoms. The third-order valence-corrected chi connectivity index (χ3v) is 7.87. The molecule has 1 aromatic carbocycles. The second-order valence-corrected chi connectivity index (χ2v) is 10.2. The molecule has 2 heterocycles. The lowest BCUT2D eigenvalue weighted by Gasteiger charge is -2.39. The highest BCUT2D eigenvalue weighted by molar-refractivity contribution is 5.28. The van der Waals surface area contributed by atoms with Crippen molar-refractivity contribution >= 4 is 0 Å². The third kappa shape index (κ3) is 4.36. The Kier molecular flexibility index (Phi) is 5.72. The van der Waals surface area contributed by atoms with Crippen LogP contribution in [0, 0.1) is 19.8 Å². The van der Waals surface area contributed by atoms with Gasteiger partial charge in [0.05, 0.1) is 5.69 Å². The standard InChI is InChI=1S/C26H38N4/c1-19-26(20(2)28(3)27-19)18-30(25-10-11-25)17-22-14-24(15-22)23-8-6-21(7-9-23)16-29-12-4-5-13-29/h6-9,22,24-25H,4-5,10-18H2,1-3H3. The molecule has 1 aliphatic heterocycles. The van der Waals surface area contributed by atoms with Gasteiger partial charge in [-0.1, -0.05) is 24.3 Å². The molecule has 0 atom stereocenters. The maximum absolute atomic E-state index is 4.63. The quantitative estimate of drug-likeness (QED) is 0.630. The minimum Gasteiger partial charge on any atom is -0.299 e. The average molecular weight is 407 g/mol. The van der Waals surface area contributed by atoms with Crippen LogP contribution >= 0.6 is 0 Å². The summed E-state index contributed by atoms with van der Waals surface area (Å²) in [5.74, 6) is 1.64. The van der Waals surface area contributed by atoms with Crippen molar-refractivity contribution in [3.63, 3.8) is 0 Å². The molecule has 162 valence electrons. The van der Waals surface area contributed by atoms with Crippen LogP contribution in [0.2, 0.25) is 0 Å². The molecule has 0 radical (unpaired) electrons. The molecule has 3 fully saturated rings. The van der Waals surface area contributed by atoms with E-state index in [1.807, 2.05) is 4.68 Å². The molecule has 4 nitrogen and oxygen atoms in total. The number of aromatic nitrogens is 2. The van der Waals surface area contributed by atoms with E-state index in [0.29, 0.717) is 0 Å². The Hall–Kier alpha value is -1.65. The van der Waals surface area contributed by atoms with E-state index < -0.39 is 0 Å². The maximum atomic E-state index is 4.63. The first kappa shape index (κ1) is 20.3. The maximum Gasteiger partial charge on any atom is 0.0641 e. The number of hydrogen-bond acceptors (Lipinski definition) is 3. The van der Waals surface area contributed by atoms with Crippen LogP contribution in [0.1, 0.15) is 72.5 Å². The molecule has 2 aliphatic carbocycles. The zero-order valence-electron chi connectivity index (χ0n) is 19.1. The first-order valence-corrected chi connectivity index (χ1v) is 12.1. The first-order valence-electron chi connectivity index (χ1n) is 12.1. The summed E-state index contributed by atoms with van der Waals surface area (Å²) in [4.78, 5) is 5.35. The van der Waals surface area contributed by atoms with Crippen molar-refractivity contribution < 1.29 is 0 Å². The van der Waals surface area contributed by atoms with Gasteiger partial charge in [-0.3, -0.25) is 14.5 Å². The Morgan fingerprint density at radius 2 is 1.73 bits per heavy atom. The second kappa shape index (κ2) is 8.47. The molecule has 5 rings (SSSR count). The van der Waals surface area contributed by atoms with Gasteiger partial charge in [0, 0.05) is 44.0 Å². The molecule has 2 aromatic rings. The average Bonchev–Trinajstić information content (AvgIpc) is 3.37. The van der Waals surface area contributed by atoms with Crippen molar-refractivity contribution in [3.8, 4) is 0 Å². The lowest BCUT2D eigenvalue weighted by atomic mass is 9.71. The van der Waals surface area contributed by atoms with Crippen molar-refractivity contribution in [2.45, 2.75) is 77.4 Å². The van der Waals surface area contributed by atoms with Gasteiger partial charge in [-0.15, -0.1) is 0 Å². The van der Waals surface area contributed by atoms with Gasteiger partial charge >= 0.3 is 0 Å². The van der Waals surface area contributed by atoms with Crippen molar-refractivity contribution in [2.24, 2.45) is 13.0 Å². The van der Waals surface area contributed by atoms with Crippen molar-refractivity contribution in [3.05, 3.63) is 52.3 Å². The molecule has 0 N–H and O–H groups in total. The third-order valence-electron chi connectivity index (χ3n) is 7.87. The summed E-state index contributed by atoms with van der Waals surface area (Å²) in [6, 6.07) is 10.4. The molecule has 3 aliphatic rings. The molecule has 0 unspecified atom stereocenters. The van der Waals surface area contributed by atoms with E-state index in [-0.39, 0.29) is 0 Å². The lowest BCUT2D eigenvalue weighted by Crippen LogP contribution is -2.36. The molecule has 0 spiro atoms. The number of nitrogens with zero attached hydrogens (tertiary/aromatic N) is 4. The summed E-state index contributed by atoms with van der Waals surface area (Å²) in [5.41, 5.74) is 7.04. The summed E-state index contributed by atoms with van der Waals surface area (Å²) >= 11 is 0. The van der Waals surface area contributed by atoms with Crippen LogP contribution in [-0.2, 0) is 20.1 Å². The van der Waals surface area contributed by atoms with Gasteiger partial charge in [-0.05, 0) is 88.4 Å². The minimum atomic E-state index is 0.777. The van der Waals surface area contributed by atoms with Crippen molar-refractivity contribution in [1.29, 1.82) is 0 Å². The van der Waals surface area contributed by atoms with Crippen LogP contribution < -0.4 is 0 Å². The topological polar surface area (TPSA) is 24.3 Å². The highest BCUT2D eigenvalue weighted by atomic mass is 15.3. The summed E-state index contributed by atoms with van der Waals surface area (Å²) in [6.45, 7) is 10.4. The van der Waals surface area contributed by atoms with Crippen molar-refractivity contribution in [1.82, 2.24) is 19.6 Å². The predicted octanol–water partition coefficient (Wildman–Crippen LogP) is 4.79. The molecular weight excluding hydrogens is 368 g/mol. The Morgan fingerprint density at radius 1 is 1.03 bits per heavy atom. The highest BCUT2D eigenvalue weighted by Crippen LogP contribution is 2.43. The van der Waals surface area contributed by atoms with Gasteiger partial charge in [0.15, 0.2) is 0 Å². The number of rotatable bonds is 8. The number of hydrogen-bond donors (Lipinski definition) is 0. The summed E-state index contributed by atoms with van der Waals surface area (Å²) in [6.07, 6.45) is 8.23. The molecule has 1 aromatic heterocycles. The van der Waals surface area contributed by atoms with Crippen LogP contribution in [0.3, 0.4) is 0 Å². The molecular formula is C26H38N4. The smallest absolute Gasteiger partial charge is 0.0641 e. The zero-order valence-corrected chi connectivity index (χ0v) is 19.1. The van der Waals surface area contributed by atoms with E-state index in [1.54, 1.807) is 5.56 Å². The molecule has 0 amide bonds. The molecule has 2 saturated carbocycles. The number of benzene rings is 1. The summed E-state index contributed by atoms with van der Waals surface area (Å²) < 4.78 is 2.04. The van der Waals surface area contributed by atoms with E-state index in [4.69, 9.17) is 0 Å². The number of likely N-dealkylation sites (tertiary alicyclic amines) is 1. The van der Waals surface area contributed by atoms with Gasteiger partial charge in [-0.2, -0.15) is 5.10 Å². The van der Waals surface area contributed by atoms with Gasteiger partial charge in [0.25, 0.3) is 0 Å². The molecule has 4 heteroatoms. The number of aryl methyl sites for hydroxylation is 2. The van der Waals surface area contributed by atoms with E-state index in [1.165, 1.54) is 80.7 Å². The predicted molar refractivity (Wildman–Crippen MR) is 123 cm³/mol. The molecule has 0 bridgehead atoms. The van der Waals surface area contributed by atoms with Crippen LogP contribution in [-0.4, -0.2) is 45.3 Å². The first-order chi connectivity index (χ1) is 14.6. The van der Waals surface area contributed by atoms with Gasteiger partial charge < -0.3 is 0 Å². The van der Waals surface area contributed by atoms with Crippen molar-refractivity contribution in [2.75, 3.05) is 19.6 Å². The SMILES string of the molecule is Cc1nn(C)c(C)c1CN(CC1CC(c2ccc(CN3CCCC3)cc2)C1)C1CC1. The van der Waals surface area contributed by atoms with E-state index in [2.05, 4.69) is 60.1 Å².